The lowest BCUT2D eigenvalue weighted by Gasteiger charge is -2.13. The highest BCUT2D eigenvalue weighted by Gasteiger charge is 2.12. The Labute approximate surface area is 145 Å². The Balaban J connectivity index is 1.98. The number of carboxylic acids is 1. The molecular formula is C17H17Cl2NO3. The molecule has 0 fully saturated rings. The van der Waals surface area contributed by atoms with E-state index in [2.05, 4.69) is 5.32 Å². The number of anilines is 1. The minimum absolute atomic E-state index is 0.135. The fraction of sp³-hybridized carbons (Fsp3) is 0.235. The number of hydrogen-bond acceptors (Lipinski definition) is 3. The van der Waals surface area contributed by atoms with Crippen molar-refractivity contribution in [1.29, 1.82) is 0 Å². The van der Waals surface area contributed by atoms with Gasteiger partial charge in [0.25, 0.3) is 0 Å². The van der Waals surface area contributed by atoms with Gasteiger partial charge in [0.1, 0.15) is 12.4 Å². The van der Waals surface area contributed by atoms with E-state index in [4.69, 9.17) is 33.0 Å². The Kier molecular flexibility index (Phi) is 5.74. The first-order valence-electron chi connectivity index (χ1n) is 7.05. The molecule has 0 atom stereocenters. The van der Waals surface area contributed by atoms with Gasteiger partial charge in [-0.05, 0) is 49.2 Å². The normalized spacial score (nSPS) is 10.4. The number of halogens is 2. The van der Waals surface area contributed by atoms with Crippen molar-refractivity contribution in [3.8, 4) is 5.75 Å². The fourth-order valence-electron chi connectivity index (χ4n) is 2.22. The van der Waals surface area contributed by atoms with E-state index < -0.39 is 5.97 Å². The highest BCUT2D eigenvalue weighted by Crippen LogP contribution is 2.27. The zero-order valence-electron chi connectivity index (χ0n) is 12.8. The van der Waals surface area contributed by atoms with E-state index in [1.807, 2.05) is 26.0 Å². The number of hydrogen-bond donors (Lipinski definition) is 2. The molecule has 2 aromatic rings. The van der Waals surface area contributed by atoms with Crippen LogP contribution in [0.2, 0.25) is 10.0 Å². The molecule has 0 unspecified atom stereocenters. The monoisotopic (exact) mass is 353 g/mol. The number of aryl methyl sites for hydroxylation is 2. The summed E-state index contributed by atoms with van der Waals surface area (Å²) in [5.74, 6) is -0.302. The molecule has 2 aromatic carbocycles. The molecule has 122 valence electrons. The molecule has 0 aliphatic heterocycles. The SMILES string of the molecule is Cc1cc(OCCNc2c(Cl)cccc2C(=O)O)cc(C)c1Cl. The highest BCUT2D eigenvalue weighted by atomic mass is 35.5. The van der Waals surface area contributed by atoms with Crippen LogP contribution in [-0.2, 0) is 0 Å². The second-order valence-electron chi connectivity index (χ2n) is 5.11. The predicted molar refractivity (Wildman–Crippen MR) is 93.3 cm³/mol. The van der Waals surface area contributed by atoms with Crippen LogP contribution in [0.3, 0.4) is 0 Å². The summed E-state index contributed by atoms with van der Waals surface area (Å²) < 4.78 is 5.67. The standard InChI is InChI=1S/C17H17Cl2NO3/c1-10-8-12(9-11(2)15(10)19)23-7-6-20-16-13(17(21)22)4-3-5-14(16)18/h3-5,8-9,20H,6-7H2,1-2H3,(H,21,22). The predicted octanol–water partition coefficient (Wildman–Crippen LogP) is 4.80. The second kappa shape index (κ2) is 7.57. The number of carbonyl (C=O) groups is 1. The molecule has 6 heteroatoms. The third kappa shape index (κ3) is 4.30. The maximum atomic E-state index is 11.2. The van der Waals surface area contributed by atoms with Gasteiger partial charge >= 0.3 is 5.97 Å². The Hall–Kier alpha value is -1.91. The highest BCUT2D eigenvalue weighted by molar-refractivity contribution is 6.34. The summed E-state index contributed by atoms with van der Waals surface area (Å²) >= 11 is 12.2. The molecule has 0 radical (unpaired) electrons. The molecule has 0 saturated carbocycles. The Morgan fingerprint density at radius 3 is 2.48 bits per heavy atom. The van der Waals surface area contributed by atoms with Gasteiger partial charge in [-0.3, -0.25) is 0 Å². The van der Waals surface area contributed by atoms with Gasteiger partial charge in [-0.2, -0.15) is 0 Å². The van der Waals surface area contributed by atoms with E-state index >= 15 is 0 Å². The zero-order chi connectivity index (χ0) is 17.0. The maximum absolute atomic E-state index is 11.2. The van der Waals surface area contributed by atoms with E-state index in [-0.39, 0.29) is 5.56 Å². The third-order valence-electron chi connectivity index (χ3n) is 3.33. The summed E-state index contributed by atoms with van der Waals surface area (Å²) in [6.45, 7) is 4.63. The summed E-state index contributed by atoms with van der Waals surface area (Å²) in [6.07, 6.45) is 0. The van der Waals surface area contributed by atoms with Crippen molar-refractivity contribution in [2.45, 2.75) is 13.8 Å². The van der Waals surface area contributed by atoms with Crippen LogP contribution < -0.4 is 10.1 Å². The zero-order valence-corrected chi connectivity index (χ0v) is 14.3. The van der Waals surface area contributed by atoms with Gasteiger partial charge in [-0.15, -0.1) is 0 Å². The molecule has 23 heavy (non-hydrogen) atoms. The molecule has 4 nitrogen and oxygen atoms in total. The van der Waals surface area contributed by atoms with E-state index in [1.54, 1.807) is 12.1 Å². The van der Waals surface area contributed by atoms with Gasteiger partial charge in [0.05, 0.1) is 16.3 Å². The van der Waals surface area contributed by atoms with Crippen molar-refractivity contribution in [3.63, 3.8) is 0 Å². The maximum Gasteiger partial charge on any atom is 0.337 e. The smallest absolute Gasteiger partial charge is 0.337 e. The molecule has 0 bridgehead atoms. The molecule has 0 spiro atoms. The van der Waals surface area contributed by atoms with Gasteiger partial charge < -0.3 is 15.2 Å². The number of benzene rings is 2. The minimum atomic E-state index is -1.03. The first kappa shape index (κ1) is 17.4. The van der Waals surface area contributed by atoms with E-state index in [1.165, 1.54) is 6.07 Å². The largest absolute Gasteiger partial charge is 0.492 e. The molecule has 0 amide bonds. The van der Waals surface area contributed by atoms with Gasteiger partial charge in [0, 0.05) is 11.6 Å². The van der Waals surface area contributed by atoms with E-state index in [0.29, 0.717) is 23.9 Å². The summed E-state index contributed by atoms with van der Waals surface area (Å²) in [5, 5.41) is 13.3. The molecule has 0 aliphatic carbocycles. The van der Waals surface area contributed by atoms with Gasteiger partial charge in [-0.25, -0.2) is 4.79 Å². The molecule has 0 heterocycles. The molecule has 0 saturated heterocycles. The average molecular weight is 354 g/mol. The summed E-state index contributed by atoms with van der Waals surface area (Å²) in [7, 11) is 0. The quantitative estimate of drug-likeness (QED) is 0.732. The molecule has 0 aliphatic rings. The molecular weight excluding hydrogens is 337 g/mol. The number of aromatic carboxylic acids is 1. The summed E-state index contributed by atoms with van der Waals surface area (Å²) in [4.78, 5) is 11.2. The van der Waals surface area contributed by atoms with Crippen molar-refractivity contribution in [1.82, 2.24) is 0 Å². The molecule has 0 aromatic heterocycles. The van der Waals surface area contributed by atoms with Gasteiger partial charge in [0.15, 0.2) is 0 Å². The summed E-state index contributed by atoms with van der Waals surface area (Å²) in [5.41, 5.74) is 2.44. The van der Waals surface area contributed by atoms with Crippen LogP contribution in [0.4, 0.5) is 5.69 Å². The number of ether oxygens (including phenoxy) is 1. The van der Waals surface area contributed by atoms with Crippen LogP contribution in [0.5, 0.6) is 5.75 Å². The van der Waals surface area contributed by atoms with E-state index in [9.17, 15) is 4.79 Å². The number of para-hydroxylation sites is 1. The van der Waals surface area contributed by atoms with Crippen LogP contribution in [0.25, 0.3) is 0 Å². The van der Waals surface area contributed by atoms with Crippen LogP contribution in [0.1, 0.15) is 21.5 Å². The fourth-order valence-corrected chi connectivity index (χ4v) is 2.57. The number of nitrogens with one attached hydrogen (secondary N) is 1. The first-order chi connectivity index (χ1) is 10.9. The molecule has 2 N–H and O–H groups in total. The van der Waals surface area contributed by atoms with Gasteiger partial charge in [-0.1, -0.05) is 29.3 Å². The average Bonchev–Trinajstić information content (AvgIpc) is 2.50. The topological polar surface area (TPSA) is 58.6 Å². The Morgan fingerprint density at radius 2 is 1.87 bits per heavy atom. The van der Waals surface area contributed by atoms with Crippen LogP contribution in [0, 0.1) is 13.8 Å². The summed E-state index contributed by atoms with van der Waals surface area (Å²) in [6, 6.07) is 8.49. The van der Waals surface area contributed by atoms with Crippen molar-refractivity contribution in [3.05, 3.63) is 57.1 Å². The molecule has 2 rings (SSSR count). The van der Waals surface area contributed by atoms with Crippen molar-refractivity contribution in [2.24, 2.45) is 0 Å². The number of carboxylic acid groups (broad SMARTS) is 1. The van der Waals surface area contributed by atoms with E-state index in [0.717, 1.165) is 21.9 Å². The van der Waals surface area contributed by atoms with Crippen LogP contribution in [0.15, 0.2) is 30.3 Å². The number of rotatable bonds is 6. The first-order valence-corrected chi connectivity index (χ1v) is 7.81. The van der Waals surface area contributed by atoms with Gasteiger partial charge in [0.2, 0.25) is 0 Å². The van der Waals surface area contributed by atoms with Crippen LogP contribution in [-0.4, -0.2) is 24.2 Å². The lowest BCUT2D eigenvalue weighted by atomic mass is 10.1. The van der Waals surface area contributed by atoms with Crippen molar-refractivity contribution in [2.75, 3.05) is 18.5 Å². The van der Waals surface area contributed by atoms with Crippen LogP contribution >= 0.6 is 23.2 Å². The van der Waals surface area contributed by atoms with Crippen molar-refractivity contribution >= 4 is 34.9 Å². The van der Waals surface area contributed by atoms with Crippen molar-refractivity contribution < 1.29 is 14.6 Å². The minimum Gasteiger partial charge on any atom is -0.492 e. The Morgan fingerprint density at radius 1 is 1.22 bits per heavy atom. The third-order valence-corrected chi connectivity index (χ3v) is 4.24. The lowest BCUT2D eigenvalue weighted by molar-refractivity contribution is 0.0698. The Bertz CT molecular complexity index is 709. The lowest BCUT2D eigenvalue weighted by Crippen LogP contribution is -2.14. The second-order valence-corrected chi connectivity index (χ2v) is 5.90.